The maximum atomic E-state index is 13.3. The smallest absolute Gasteiger partial charge is 0.295 e. The molecule has 9 heteroatoms. The lowest BCUT2D eigenvalue weighted by molar-refractivity contribution is -0.140. The highest BCUT2D eigenvalue weighted by Crippen LogP contribution is 2.39. The second kappa shape index (κ2) is 9.36. The van der Waals surface area contributed by atoms with E-state index in [1.165, 1.54) is 0 Å². The third-order valence-electron chi connectivity index (χ3n) is 6.47. The van der Waals surface area contributed by atoms with Crippen molar-refractivity contribution in [2.45, 2.75) is 19.4 Å². The van der Waals surface area contributed by atoms with Crippen molar-refractivity contribution in [1.82, 2.24) is 24.2 Å². The summed E-state index contributed by atoms with van der Waals surface area (Å²) in [6.07, 6.45) is 5.75. The summed E-state index contributed by atoms with van der Waals surface area (Å²) in [6, 6.07) is 8.38. The van der Waals surface area contributed by atoms with Crippen LogP contribution < -0.4 is 0 Å². The lowest BCUT2D eigenvalue weighted by Gasteiger charge is -2.29. The van der Waals surface area contributed by atoms with Gasteiger partial charge in [0.2, 0.25) is 0 Å². The molecule has 1 atom stereocenters. The van der Waals surface area contributed by atoms with Crippen LogP contribution in [0.25, 0.3) is 11.4 Å². The van der Waals surface area contributed by atoms with Crippen LogP contribution in [0.3, 0.4) is 0 Å². The van der Waals surface area contributed by atoms with E-state index >= 15 is 0 Å². The summed E-state index contributed by atoms with van der Waals surface area (Å²) in [5.41, 5.74) is 2.46. The fraction of sp³-hybridized carbons (Fsp3) is 0.360. The Balaban J connectivity index is 1.53. The molecule has 34 heavy (non-hydrogen) atoms. The molecule has 0 bridgehead atoms. The van der Waals surface area contributed by atoms with Gasteiger partial charge in [0.15, 0.2) is 5.76 Å². The Hall–Kier alpha value is -3.56. The van der Waals surface area contributed by atoms with E-state index < -0.39 is 17.7 Å². The fourth-order valence-electron chi connectivity index (χ4n) is 4.82. The first kappa shape index (κ1) is 22.2. The standard InChI is InChI=1S/C25H27N5O4/c1-17-21(29-11-3-2-5-19(29)27-17)23(31)20-22(18-6-8-26-9-7-18)30(25(33)24(20)32)12-4-10-28-13-15-34-16-14-28/h2-3,5-9,11,22,31H,4,10,12-16H2,1H3. The molecule has 2 saturated heterocycles. The highest BCUT2D eigenvalue weighted by atomic mass is 16.5. The zero-order valence-corrected chi connectivity index (χ0v) is 19.1. The van der Waals surface area contributed by atoms with Crippen LogP contribution in [0.15, 0.2) is 54.5 Å². The predicted octanol–water partition coefficient (Wildman–Crippen LogP) is 2.18. The maximum Gasteiger partial charge on any atom is 0.295 e. The van der Waals surface area contributed by atoms with E-state index in [-0.39, 0.29) is 11.3 Å². The van der Waals surface area contributed by atoms with E-state index in [0.717, 1.165) is 25.2 Å². The van der Waals surface area contributed by atoms with Crippen LogP contribution in [0.2, 0.25) is 0 Å². The summed E-state index contributed by atoms with van der Waals surface area (Å²) in [5, 5.41) is 11.4. The zero-order valence-electron chi connectivity index (χ0n) is 19.1. The van der Waals surface area contributed by atoms with Crippen molar-refractivity contribution in [2.24, 2.45) is 0 Å². The van der Waals surface area contributed by atoms with Crippen molar-refractivity contribution in [3.05, 3.63) is 71.4 Å². The Bertz CT molecular complexity index is 1250. The maximum absolute atomic E-state index is 13.3. The van der Waals surface area contributed by atoms with Gasteiger partial charge in [-0.05, 0) is 43.2 Å². The van der Waals surface area contributed by atoms with E-state index in [2.05, 4.69) is 14.9 Å². The van der Waals surface area contributed by atoms with Gasteiger partial charge in [0.1, 0.15) is 11.3 Å². The minimum Gasteiger partial charge on any atom is -0.505 e. The number of aliphatic hydroxyl groups excluding tert-OH is 1. The number of Topliss-reactive ketones (excluding diaryl/α,β-unsaturated/α-hetero) is 1. The largest absolute Gasteiger partial charge is 0.505 e. The Kier molecular flexibility index (Phi) is 6.12. The van der Waals surface area contributed by atoms with Crippen LogP contribution in [-0.4, -0.2) is 80.4 Å². The number of amides is 1. The minimum atomic E-state index is -0.693. The second-order valence-electron chi connectivity index (χ2n) is 8.56. The van der Waals surface area contributed by atoms with Crippen molar-refractivity contribution in [3.8, 4) is 0 Å². The van der Waals surface area contributed by atoms with Gasteiger partial charge >= 0.3 is 0 Å². The molecular weight excluding hydrogens is 434 g/mol. The molecule has 5 rings (SSSR count). The number of hydrogen-bond donors (Lipinski definition) is 1. The monoisotopic (exact) mass is 461 g/mol. The van der Waals surface area contributed by atoms with E-state index in [1.54, 1.807) is 46.9 Å². The Morgan fingerprint density at radius 1 is 1.12 bits per heavy atom. The molecule has 1 N–H and O–H groups in total. The summed E-state index contributed by atoms with van der Waals surface area (Å²) in [6.45, 7) is 6.13. The van der Waals surface area contributed by atoms with E-state index in [9.17, 15) is 14.7 Å². The van der Waals surface area contributed by atoms with Crippen LogP contribution in [0, 0.1) is 6.92 Å². The number of hydrogen-bond acceptors (Lipinski definition) is 7. The van der Waals surface area contributed by atoms with E-state index in [4.69, 9.17) is 4.74 Å². The molecule has 3 aromatic heterocycles. The first-order valence-electron chi connectivity index (χ1n) is 11.5. The first-order valence-corrected chi connectivity index (χ1v) is 11.5. The molecule has 1 amide bonds. The van der Waals surface area contributed by atoms with Crippen molar-refractivity contribution < 1.29 is 19.4 Å². The molecule has 0 aromatic carbocycles. The number of ketones is 1. The van der Waals surface area contributed by atoms with Crippen molar-refractivity contribution in [1.29, 1.82) is 0 Å². The number of likely N-dealkylation sites (tertiary alicyclic amines) is 1. The molecule has 1 unspecified atom stereocenters. The summed E-state index contributed by atoms with van der Waals surface area (Å²) in [4.78, 5) is 38.9. The lowest BCUT2D eigenvalue weighted by Crippen LogP contribution is -2.38. The topological polar surface area (TPSA) is 100 Å². The number of pyridine rings is 2. The average molecular weight is 462 g/mol. The van der Waals surface area contributed by atoms with Gasteiger partial charge in [-0.25, -0.2) is 4.98 Å². The summed E-state index contributed by atoms with van der Waals surface area (Å²) < 4.78 is 7.14. The number of nitrogens with zero attached hydrogens (tertiary/aromatic N) is 5. The van der Waals surface area contributed by atoms with Gasteiger partial charge in [-0.15, -0.1) is 0 Å². The van der Waals surface area contributed by atoms with Crippen LogP contribution >= 0.6 is 0 Å². The van der Waals surface area contributed by atoms with Crippen LogP contribution in [0.1, 0.15) is 29.4 Å². The number of aromatic nitrogens is 3. The molecule has 176 valence electrons. The SMILES string of the molecule is Cc1nc2ccccn2c1C(O)=C1C(=O)C(=O)N(CCCN2CCOCC2)C1c1ccncc1. The van der Waals surface area contributed by atoms with Gasteiger partial charge in [-0.1, -0.05) is 6.07 Å². The van der Waals surface area contributed by atoms with E-state index in [0.29, 0.717) is 43.2 Å². The fourth-order valence-corrected chi connectivity index (χ4v) is 4.82. The molecule has 0 radical (unpaired) electrons. The molecule has 5 heterocycles. The van der Waals surface area contributed by atoms with Crippen molar-refractivity contribution >= 4 is 23.1 Å². The number of carbonyl (C=O) groups is 2. The Morgan fingerprint density at radius 2 is 1.88 bits per heavy atom. The molecule has 2 aliphatic heterocycles. The van der Waals surface area contributed by atoms with Gasteiger partial charge in [0.05, 0.1) is 30.5 Å². The number of carbonyl (C=O) groups excluding carboxylic acids is 2. The van der Waals surface area contributed by atoms with Gasteiger partial charge in [0.25, 0.3) is 11.7 Å². The Morgan fingerprint density at radius 3 is 2.65 bits per heavy atom. The van der Waals surface area contributed by atoms with Crippen LogP contribution in [0.4, 0.5) is 0 Å². The molecule has 9 nitrogen and oxygen atoms in total. The predicted molar refractivity (Wildman–Crippen MR) is 125 cm³/mol. The van der Waals surface area contributed by atoms with Crippen LogP contribution in [0.5, 0.6) is 0 Å². The quantitative estimate of drug-likeness (QED) is 0.341. The molecule has 2 fully saturated rings. The first-order chi connectivity index (χ1) is 16.6. The van der Waals surface area contributed by atoms with Gasteiger partial charge in [-0.2, -0.15) is 0 Å². The lowest BCUT2D eigenvalue weighted by atomic mass is 9.97. The third-order valence-corrected chi connectivity index (χ3v) is 6.47. The average Bonchev–Trinajstić information content (AvgIpc) is 3.33. The second-order valence-corrected chi connectivity index (χ2v) is 8.56. The number of aliphatic hydroxyl groups is 1. The normalized spacial score (nSPS) is 21.0. The molecular formula is C25H27N5O4. The number of fused-ring (bicyclic) bond motifs is 1. The third kappa shape index (κ3) is 3.97. The van der Waals surface area contributed by atoms with Crippen LogP contribution in [-0.2, 0) is 14.3 Å². The highest BCUT2D eigenvalue weighted by Gasteiger charge is 2.46. The summed E-state index contributed by atoms with van der Waals surface area (Å²) >= 11 is 0. The molecule has 2 aliphatic rings. The number of rotatable bonds is 6. The zero-order chi connectivity index (χ0) is 23.7. The highest BCUT2D eigenvalue weighted by molar-refractivity contribution is 6.46. The van der Waals surface area contributed by atoms with Gasteiger partial charge in [-0.3, -0.25) is 23.9 Å². The molecule has 0 saturated carbocycles. The van der Waals surface area contributed by atoms with Crippen molar-refractivity contribution in [3.63, 3.8) is 0 Å². The van der Waals surface area contributed by atoms with E-state index in [1.807, 2.05) is 18.2 Å². The summed E-state index contributed by atoms with van der Waals surface area (Å²) in [7, 11) is 0. The molecule has 0 aliphatic carbocycles. The van der Waals surface area contributed by atoms with Crippen molar-refractivity contribution in [2.75, 3.05) is 39.4 Å². The van der Waals surface area contributed by atoms with Gasteiger partial charge in [0, 0.05) is 44.8 Å². The number of morpholine rings is 1. The number of ether oxygens (including phenoxy) is 1. The minimum absolute atomic E-state index is 0.0799. The summed E-state index contributed by atoms with van der Waals surface area (Å²) in [5.74, 6) is -1.50. The Labute approximate surface area is 197 Å². The number of imidazole rings is 1. The number of aryl methyl sites for hydroxylation is 1. The van der Waals surface area contributed by atoms with Gasteiger partial charge < -0.3 is 14.7 Å². The molecule has 0 spiro atoms. The molecule has 3 aromatic rings.